The highest BCUT2D eigenvalue weighted by atomic mass is 32.1. The maximum absolute atomic E-state index is 5.45. The lowest BCUT2D eigenvalue weighted by Crippen LogP contribution is -2.22. The zero-order valence-corrected chi connectivity index (χ0v) is 20.5. The Hall–Kier alpha value is -3.90. The minimum Gasteiger partial charge on any atom is -0.495 e. The van der Waals surface area contributed by atoms with E-state index in [0.29, 0.717) is 37.0 Å². The summed E-state index contributed by atoms with van der Waals surface area (Å²) in [6.07, 6.45) is 3.40. The molecular formula is C23H25N9O2S. The molecule has 0 aliphatic carbocycles. The lowest BCUT2D eigenvalue weighted by molar-refractivity contribution is 0.154. The lowest BCUT2D eigenvalue weighted by Gasteiger charge is -2.14. The van der Waals surface area contributed by atoms with E-state index in [1.165, 1.54) is 0 Å². The first-order valence-corrected chi connectivity index (χ1v) is 12.0. The Morgan fingerprint density at radius 2 is 2.06 bits per heavy atom. The number of hydrogen-bond donors (Lipinski definition) is 1. The van der Waals surface area contributed by atoms with E-state index in [1.807, 2.05) is 43.6 Å². The topological polar surface area (TPSA) is 115 Å². The molecule has 0 aliphatic rings. The van der Waals surface area contributed by atoms with Crippen LogP contribution in [0.25, 0.3) is 28.1 Å². The highest BCUT2D eigenvalue weighted by molar-refractivity contribution is 7.14. The van der Waals surface area contributed by atoms with Crippen molar-refractivity contribution in [1.82, 2.24) is 34.8 Å². The molecule has 0 amide bonds. The first-order valence-electron chi connectivity index (χ1n) is 11.1. The molecule has 5 aromatic rings. The molecule has 0 bridgehead atoms. The zero-order chi connectivity index (χ0) is 24.2. The molecule has 5 rings (SSSR count). The van der Waals surface area contributed by atoms with E-state index < -0.39 is 0 Å². The van der Waals surface area contributed by atoms with Crippen molar-refractivity contribution in [1.29, 1.82) is 0 Å². The molecule has 11 nitrogen and oxygen atoms in total. The van der Waals surface area contributed by atoms with Crippen molar-refractivity contribution in [3.8, 4) is 17.1 Å². The van der Waals surface area contributed by atoms with Crippen LogP contribution in [0.1, 0.15) is 12.7 Å². The van der Waals surface area contributed by atoms with Crippen LogP contribution in [0, 0.1) is 0 Å². The average molecular weight is 492 g/mol. The van der Waals surface area contributed by atoms with Crippen LogP contribution in [0.5, 0.6) is 5.75 Å². The van der Waals surface area contributed by atoms with E-state index in [4.69, 9.17) is 19.6 Å². The smallest absolute Gasteiger partial charge is 0.185 e. The van der Waals surface area contributed by atoms with Gasteiger partial charge in [-0.2, -0.15) is 9.61 Å². The van der Waals surface area contributed by atoms with Crippen molar-refractivity contribution in [2.24, 2.45) is 0 Å². The van der Waals surface area contributed by atoms with Crippen LogP contribution in [-0.4, -0.2) is 68.7 Å². The maximum Gasteiger partial charge on any atom is 0.185 e. The van der Waals surface area contributed by atoms with Crippen LogP contribution in [-0.2, 0) is 11.3 Å². The van der Waals surface area contributed by atoms with E-state index in [9.17, 15) is 0 Å². The van der Waals surface area contributed by atoms with Gasteiger partial charge in [0.05, 0.1) is 37.7 Å². The number of thiazole rings is 1. The summed E-state index contributed by atoms with van der Waals surface area (Å²) >= 11 is 1.58. The maximum atomic E-state index is 5.45. The molecule has 180 valence electrons. The van der Waals surface area contributed by atoms with Gasteiger partial charge in [-0.25, -0.2) is 9.97 Å². The Kier molecular flexibility index (Phi) is 6.64. The minimum absolute atomic E-state index is 0.410. The molecule has 12 heteroatoms. The second-order valence-corrected chi connectivity index (χ2v) is 8.53. The van der Waals surface area contributed by atoms with E-state index in [0.717, 1.165) is 39.8 Å². The molecule has 0 aliphatic heterocycles. The van der Waals surface area contributed by atoms with Crippen molar-refractivity contribution in [2.45, 2.75) is 13.5 Å². The van der Waals surface area contributed by atoms with Crippen molar-refractivity contribution >= 4 is 38.8 Å². The van der Waals surface area contributed by atoms with Gasteiger partial charge in [-0.1, -0.05) is 0 Å². The molecule has 0 radical (unpaired) electrons. The molecule has 0 saturated carbocycles. The van der Waals surface area contributed by atoms with E-state index in [-0.39, 0.29) is 0 Å². The molecule has 0 spiro atoms. The lowest BCUT2D eigenvalue weighted by atomic mass is 10.2. The van der Waals surface area contributed by atoms with Crippen LogP contribution in [0.3, 0.4) is 0 Å². The third-order valence-electron chi connectivity index (χ3n) is 5.41. The number of pyridine rings is 2. The summed E-state index contributed by atoms with van der Waals surface area (Å²) in [5.74, 6) is 1.33. The summed E-state index contributed by atoms with van der Waals surface area (Å²) in [6, 6.07) is 7.53. The second-order valence-electron chi connectivity index (χ2n) is 7.69. The third-order valence-corrected chi connectivity index (χ3v) is 6.36. The molecule has 0 unspecified atom stereocenters. The summed E-state index contributed by atoms with van der Waals surface area (Å²) in [5, 5.41) is 19.6. The molecule has 5 heterocycles. The number of fused-ring (bicyclic) bond motifs is 2. The largest absolute Gasteiger partial charge is 0.495 e. The standard InChI is InChI=1S/C23H25N9O2S/c1-4-34-10-9-31(2)23-27-19(14-35-23)16-5-6-20-28-29-21(32(20)30-16)13-25-17-7-8-24-18-11-15(33-3)12-26-22(17)18/h5-8,11-12,14H,4,9-10,13H2,1-3H3,(H,24,25). The number of rotatable bonds is 10. The van der Waals surface area contributed by atoms with Gasteiger partial charge in [-0.05, 0) is 25.1 Å². The van der Waals surface area contributed by atoms with E-state index in [2.05, 4.69) is 30.4 Å². The van der Waals surface area contributed by atoms with Gasteiger partial charge < -0.3 is 19.7 Å². The normalized spacial score (nSPS) is 11.3. The van der Waals surface area contributed by atoms with Crippen LogP contribution >= 0.6 is 11.3 Å². The van der Waals surface area contributed by atoms with Gasteiger partial charge in [0.15, 0.2) is 16.6 Å². The van der Waals surface area contributed by atoms with Crippen molar-refractivity contribution < 1.29 is 9.47 Å². The third kappa shape index (κ3) is 4.84. The van der Waals surface area contributed by atoms with Crippen molar-refractivity contribution in [2.75, 3.05) is 44.1 Å². The SMILES string of the molecule is CCOCCN(C)c1nc(-c2ccc3nnc(CNc4ccnc5cc(OC)cnc45)n3n2)cs1. The van der Waals surface area contributed by atoms with Gasteiger partial charge >= 0.3 is 0 Å². The Morgan fingerprint density at radius 1 is 1.14 bits per heavy atom. The van der Waals surface area contributed by atoms with Crippen molar-refractivity contribution in [3.05, 3.63) is 47.9 Å². The van der Waals surface area contributed by atoms with Gasteiger partial charge in [-0.15, -0.1) is 21.5 Å². The Labute approximate surface area is 205 Å². The fourth-order valence-corrected chi connectivity index (χ4v) is 4.33. The average Bonchev–Trinajstić information content (AvgIpc) is 3.54. The minimum atomic E-state index is 0.410. The first-order chi connectivity index (χ1) is 17.2. The summed E-state index contributed by atoms with van der Waals surface area (Å²) in [6.45, 7) is 4.55. The summed E-state index contributed by atoms with van der Waals surface area (Å²) in [5.41, 5.74) is 4.55. The van der Waals surface area contributed by atoms with Gasteiger partial charge in [0.25, 0.3) is 0 Å². The number of aromatic nitrogens is 7. The number of methoxy groups -OCH3 is 1. The fraction of sp³-hybridized carbons (Fsp3) is 0.304. The number of ether oxygens (including phenoxy) is 2. The van der Waals surface area contributed by atoms with Crippen LogP contribution < -0.4 is 15.0 Å². The molecular weight excluding hydrogens is 466 g/mol. The number of anilines is 2. The summed E-state index contributed by atoms with van der Waals surface area (Å²) in [4.78, 5) is 15.7. The van der Waals surface area contributed by atoms with E-state index in [1.54, 1.807) is 35.4 Å². The molecule has 0 saturated heterocycles. The first kappa shape index (κ1) is 22.9. The number of nitrogens with zero attached hydrogens (tertiary/aromatic N) is 8. The number of hydrogen-bond acceptors (Lipinski definition) is 11. The monoisotopic (exact) mass is 491 g/mol. The summed E-state index contributed by atoms with van der Waals surface area (Å²) in [7, 11) is 3.62. The Bertz CT molecular complexity index is 1450. The van der Waals surface area contributed by atoms with Crippen LogP contribution in [0.2, 0.25) is 0 Å². The highest BCUT2D eigenvalue weighted by Gasteiger charge is 2.13. The molecule has 35 heavy (non-hydrogen) atoms. The predicted molar refractivity (Wildman–Crippen MR) is 135 cm³/mol. The number of nitrogens with one attached hydrogen (secondary N) is 1. The van der Waals surface area contributed by atoms with Crippen LogP contribution in [0.15, 0.2) is 42.0 Å². The molecule has 0 atom stereocenters. The summed E-state index contributed by atoms with van der Waals surface area (Å²) < 4.78 is 12.4. The number of likely N-dealkylation sites (N-methyl/N-ethyl adjacent to an activating group) is 1. The van der Waals surface area contributed by atoms with Crippen LogP contribution in [0.4, 0.5) is 10.8 Å². The Balaban J connectivity index is 1.35. The van der Waals surface area contributed by atoms with Gasteiger partial charge in [0, 0.05) is 37.8 Å². The zero-order valence-electron chi connectivity index (χ0n) is 19.7. The predicted octanol–water partition coefficient (Wildman–Crippen LogP) is 3.28. The second kappa shape index (κ2) is 10.2. The van der Waals surface area contributed by atoms with Gasteiger partial charge in [0.1, 0.15) is 22.7 Å². The van der Waals surface area contributed by atoms with E-state index >= 15 is 0 Å². The van der Waals surface area contributed by atoms with Gasteiger partial charge in [0.2, 0.25) is 0 Å². The quantitative estimate of drug-likeness (QED) is 0.292. The molecule has 5 aromatic heterocycles. The molecule has 0 aromatic carbocycles. The Morgan fingerprint density at radius 3 is 2.91 bits per heavy atom. The fourth-order valence-electron chi connectivity index (χ4n) is 3.52. The van der Waals surface area contributed by atoms with Crippen molar-refractivity contribution in [3.63, 3.8) is 0 Å². The molecule has 1 N–H and O–H groups in total. The highest BCUT2D eigenvalue weighted by Crippen LogP contribution is 2.26. The molecule has 0 fully saturated rings. The van der Waals surface area contributed by atoms with Gasteiger partial charge in [-0.3, -0.25) is 4.98 Å².